The van der Waals surface area contributed by atoms with Crippen molar-refractivity contribution >= 4 is 15.9 Å². The van der Waals surface area contributed by atoms with Gasteiger partial charge in [-0.25, -0.2) is 4.39 Å². The van der Waals surface area contributed by atoms with Gasteiger partial charge in [-0.2, -0.15) is 0 Å². The van der Waals surface area contributed by atoms with Gasteiger partial charge in [0.05, 0.1) is 4.47 Å². The number of benzene rings is 1. The third-order valence-corrected chi connectivity index (χ3v) is 4.19. The molecular formula is C15H20BrFN. The van der Waals surface area contributed by atoms with Gasteiger partial charge < -0.3 is 4.90 Å². The van der Waals surface area contributed by atoms with Crippen LogP contribution in [-0.2, 0) is 0 Å². The van der Waals surface area contributed by atoms with Crippen LogP contribution in [0.3, 0.4) is 0 Å². The second kappa shape index (κ2) is 6.16. The molecule has 0 bridgehead atoms. The van der Waals surface area contributed by atoms with Crippen LogP contribution in [0.15, 0.2) is 22.7 Å². The molecule has 0 aliphatic carbocycles. The summed E-state index contributed by atoms with van der Waals surface area (Å²) in [7, 11) is 0. The number of hydrogen-bond donors (Lipinski definition) is 0. The highest BCUT2D eigenvalue weighted by molar-refractivity contribution is 9.10. The Bertz CT molecular complexity index is 397. The zero-order valence-electron chi connectivity index (χ0n) is 11.0. The summed E-state index contributed by atoms with van der Waals surface area (Å²) in [6, 6.07) is 5.55. The van der Waals surface area contributed by atoms with Crippen LogP contribution in [0, 0.1) is 11.7 Å². The van der Waals surface area contributed by atoms with Crippen LogP contribution in [-0.4, -0.2) is 24.5 Å². The minimum Gasteiger partial charge on any atom is -0.303 e. The van der Waals surface area contributed by atoms with Crippen LogP contribution >= 0.6 is 15.9 Å². The molecule has 1 heterocycles. The lowest BCUT2D eigenvalue weighted by atomic mass is 9.89. The molecule has 0 unspecified atom stereocenters. The summed E-state index contributed by atoms with van der Waals surface area (Å²) in [6.07, 6.45) is 2.27. The van der Waals surface area contributed by atoms with E-state index < -0.39 is 0 Å². The van der Waals surface area contributed by atoms with Crippen molar-refractivity contribution in [2.75, 3.05) is 19.6 Å². The van der Waals surface area contributed by atoms with Crippen molar-refractivity contribution in [2.45, 2.75) is 32.6 Å². The third kappa shape index (κ3) is 3.55. The molecule has 0 spiro atoms. The van der Waals surface area contributed by atoms with E-state index in [-0.39, 0.29) is 5.82 Å². The molecule has 0 amide bonds. The molecule has 0 saturated carbocycles. The van der Waals surface area contributed by atoms with E-state index in [1.807, 2.05) is 12.1 Å². The van der Waals surface area contributed by atoms with Gasteiger partial charge in [-0.05, 0) is 71.4 Å². The first-order valence-electron chi connectivity index (χ1n) is 6.52. The van der Waals surface area contributed by atoms with Crippen molar-refractivity contribution < 1.29 is 4.39 Å². The molecule has 0 atom stereocenters. The molecule has 3 heteroatoms. The van der Waals surface area contributed by atoms with E-state index in [0.29, 0.717) is 10.4 Å². The highest BCUT2D eigenvalue weighted by atomic mass is 79.9. The van der Waals surface area contributed by atoms with E-state index in [1.165, 1.54) is 5.92 Å². The minimum atomic E-state index is -0.146. The molecule has 1 saturated heterocycles. The highest BCUT2D eigenvalue weighted by Crippen LogP contribution is 2.30. The summed E-state index contributed by atoms with van der Waals surface area (Å²) in [5.74, 6) is 1.83. The first-order valence-corrected chi connectivity index (χ1v) is 7.32. The maximum atomic E-state index is 13.5. The first-order chi connectivity index (χ1) is 8.56. The second-order valence-corrected chi connectivity index (χ2v) is 6.29. The molecule has 99 valence electrons. The average Bonchev–Trinajstić information content (AvgIpc) is 2.33. The van der Waals surface area contributed by atoms with E-state index in [2.05, 4.69) is 34.7 Å². The van der Waals surface area contributed by atoms with Crippen molar-refractivity contribution in [3.8, 4) is 0 Å². The van der Waals surface area contributed by atoms with Crippen LogP contribution in [0.4, 0.5) is 4.39 Å². The number of hydrogen-bond acceptors (Lipinski definition) is 1. The smallest absolute Gasteiger partial charge is 0.137 e. The Hall–Kier alpha value is -0.410. The SMILES string of the molecule is C[C](C)CN1CCC(c2ccc(Br)c(F)c2)CC1. The molecule has 18 heavy (non-hydrogen) atoms. The number of halogens is 2. The second-order valence-electron chi connectivity index (χ2n) is 5.43. The van der Waals surface area contributed by atoms with Crippen molar-refractivity contribution in [3.63, 3.8) is 0 Å². The molecule has 0 aromatic heterocycles. The van der Waals surface area contributed by atoms with Gasteiger partial charge in [-0.3, -0.25) is 0 Å². The van der Waals surface area contributed by atoms with Crippen LogP contribution in [0.2, 0.25) is 0 Å². The highest BCUT2D eigenvalue weighted by Gasteiger charge is 2.21. The van der Waals surface area contributed by atoms with Gasteiger partial charge >= 0.3 is 0 Å². The number of piperidine rings is 1. The average molecular weight is 313 g/mol. The molecule has 1 radical (unpaired) electrons. The van der Waals surface area contributed by atoms with E-state index >= 15 is 0 Å². The van der Waals surface area contributed by atoms with Gasteiger partial charge in [0.25, 0.3) is 0 Å². The van der Waals surface area contributed by atoms with E-state index in [4.69, 9.17) is 0 Å². The standard InChI is InChI=1S/C15H20BrFN/c1-11(2)10-18-7-5-12(6-8-18)13-3-4-14(16)15(17)9-13/h3-4,9,12H,5-8,10H2,1-2H3. The number of likely N-dealkylation sites (tertiary alicyclic amines) is 1. The van der Waals surface area contributed by atoms with Gasteiger partial charge in [0.1, 0.15) is 5.82 Å². The summed E-state index contributed by atoms with van der Waals surface area (Å²) in [5.41, 5.74) is 1.15. The van der Waals surface area contributed by atoms with Crippen molar-refractivity contribution in [3.05, 3.63) is 40.0 Å². The Morgan fingerprint density at radius 3 is 2.56 bits per heavy atom. The zero-order valence-corrected chi connectivity index (χ0v) is 12.6. The Labute approximate surface area is 118 Å². The molecule has 1 aliphatic heterocycles. The molecule has 1 fully saturated rings. The van der Waals surface area contributed by atoms with Crippen LogP contribution in [0.25, 0.3) is 0 Å². The molecule has 0 N–H and O–H groups in total. The topological polar surface area (TPSA) is 3.24 Å². The molecule has 1 aromatic carbocycles. The normalized spacial score (nSPS) is 18.5. The quantitative estimate of drug-likeness (QED) is 0.800. The molecule has 2 rings (SSSR count). The van der Waals surface area contributed by atoms with Gasteiger partial charge in [0, 0.05) is 6.54 Å². The fraction of sp³-hybridized carbons (Fsp3) is 0.533. The maximum absolute atomic E-state index is 13.5. The van der Waals surface area contributed by atoms with Crippen LogP contribution in [0.1, 0.15) is 38.2 Å². The third-order valence-electron chi connectivity index (χ3n) is 3.54. The Morgan fingerprint density at radius 2 is 2.00 bits per heavy atom. The first kappa shape index (κ1) is 14.0. The van der Waals surface area contributed by atoms with E-state index in [0.717, 1.165) is 38.0 Å². The van der Waals surface area contributed by atoms with Gasteiger partial charge in [0.2, 0.25) is 0 Å². The van der Waals surface area contributed by atoms with Gasteiger partial charge in [0.15, 0.2) is 0 Å². The Morgan fingerprint density at radius 1 is 1.33 bits per heavy atom. The van der Waals surface area contributed by atoms with E-state index in [9.17, 15) is 4.39 Å². The van der Waals surface area contributed by atoms with E-state index in [1.54, 1.807) is 6.07 Å². The summed E-state index contributed by atoms with van der Waals surface area (Å²) in [6.45, 7) is 7.69. The van der Waals surface area contributed by atoms with Gasteiger partial charge in [-0.1, -0.05) is 19.9 Å². The largest absolute Gasteiger partial charge is 0.303 e. The number of rotatable bonds is 3. The minimum absolute atomic E-state index is 0.146. The summed E-state index contributed by atoms with van der Waals surface area (Å²) < 4.78 is 14.1. The van der Waals surface area contributed by atoms with Crippen molar-refractivity contribution in [1.82, 2.24) is 4.90 Å². The fourth-order valence-electron chi connectivity index (χ4n) is 2.64. The molecule has 1 nitrogen and oxygen atoms in total. The fourth-order valence-corrected chi connectivity index (χ4v) is 2.88. The summed E-state index contributed by atoms with van der Waals surface area (Å²) in [5, 5.41) is 0. The predicted molar refractivity (Wildman–Crippen MR) is 77.1 cm³/mol. The van der Waals surface area contributed by atoms with Crippen molar-refractivity contribution in [1.29, 1.82) is 0 Å². The lowest BCUT2D eigenvalue weighted by Crippen LogP contribution is -2.35. The molecule has 1 aliphatic rings. The zero-order chi connectivity index (χ0) is 13.1. The molecule has 1 aromatic rings. The monoisotopic (exact) mass is 312 g/mol. The lowest BCUT2D eigenvalue weighted by Gasteiger charge is -2.33. The van der Waals surface area contributed by atoms with Crippen LogP contribution in [0.5, 0.6) is 0 Å². The predicted octanol–water partition coefficient (Wildman–Crippen LogP) is 4.38. The Balaban J connectivity index is 1.94. The van der Waals surface area contributed by atoms with Gasteiger partial charge in [-0.15, -0.1) is 0 Å². The maximum Gasteiger partial charge on any atom is 0.137 e. The van der Waals surface area contributed by atoms with Crippen LogP contribution < -0.4 is 0 Å². The summed E-state index contributed by atoms with van der Waals surface area (Å²) in [4.78, 5) is 2.49. The van der Waals surface area contributed by atoms with Crippen molar-refractivity contribution in [2.24, 2.45) is 0 Å². The summed E-state index contributed by atoms with van der Waals surface area (Å²) >= 11 is 3.20. The lowest BCUT2D eigenvalue weighted by molar-refractivity contribution is 0.220. The number of nitrogens with zero attached hydrogens (tertiary/aromatic N) is 1. The Kier molecular flexibility index (Phi) is 4.79. The molecular weight excluding hydrogens is 293 g/mol.